The molecule has 2 N–H and O–H groups in total. The molecule has 3 rings (SSSR count). The zero-order valence-corrected chi connectivity index (χ0v) is 17.8. The van der Waals surface area contributed by atoms with Crippen LogP contribution in [0.15, 0.2) is 23.6 Å². The summed E-state index contributed by atoms with van der Waals surface area (Å²) >= 11 is 13.1. The van der Waals surface area contributed by atoms with Gasteiger partial charge in [0.1, 0.15) is 0 Å². The number of piperidine rings is 1. The molecule has 2 aromatic rings. The van der Waals surface area contributed by atoms with Crippen LogP contribution in [0.5, 0.6) is 0 Å². The van der Waals surface area contributed by atoms with Crippen molar-refractivity contribution in [3.05, 3.63) is 44.9 Å². The number of hydrogen-bond donors (Lipinski definition) is 2. The molecule has 0 aliphatic carbocycles. The zero-order valence-electron chi connectivity index (χ0n) is 15.5. The molecule has 1 aromatic carbocycles. The maximum atomic E-state index is 12.1. The molecule has 0 spiro atoms. The number of carbonyl (C=O) groups excluding carboxylic acids is 2. The Kier molecular flexibility index (Phi) is 7.29. The summed E-state index contributed by atoms with van der Waals surface area (Å²) in [6.07, 6.45) is 2.50. The van der Waals surface area contributed by atoms with E-state index in [1.807, 2.05) is 5.38 Å². The SMILES string of the molecule is C[C@@H]1CCCN(Cc2csc(NC(=O)CNC(=O)c3ccc(Cl)c(Cl)c3)n2)C1. The van der Waals surface area contributed by atoms with Crippen molar-refractivity contribution in [3.63, 3.8) is 0 Å². The molecule has 28 heavy (non-hydrogen) atoms. The average molecular weight is 441 g/mol. The van der Waals surface area contributed by atoms with Crippen LogP contribution in [-0.4, -0.2) is 41.3 Å². The van der Waals surface area contributed by atoms with Crippen LogP contribution in [0.2, 0.25) is 10.0 Å². The first-order valence-electron chi connectivity index (χ1n) is 9.10. The highest BCUT2D eigenvalue weighted by molar-refractivity contribution is 7.13. The number of nitrogens with one attached hydrogen (secondary N) is 2. The summed E-state index contributed by atoms with van der Waals surface area (Å²) < 4.78 is 0. The molecule has 1 atom stereocenters. The van der Waals surface area contributed by atoms with Gasteiger partial charge < -0.3 is 10.6 Å². The smallest absolute Gasteiger partial charge is 0.251 e. The highest BCUT2D eigenvalue weighted by Gasteiger charge is 2.18. The third kappa shape index (κ3) is 5.91. The first-order valence-corrected chi connectivity index (χ1v) is 10.7. The molecule has 1 aromatic heterocycles. The van der Waals surface area contributed by atoms with Crippen molar-refractivity contribution in [2.24, 2.45) is 5.92 Å². The Labute approximate surface area is 178 Å². The number of rotatable bonds is 6. The molecule has 9 heteroatoms. The third-order valence-corrected chi connectivity index (χ3v) is 6.06. The molecule has 2 amide bonds. The molecule has 0 bridgehead atoms. The van der Waals surface area contributed by atoms with E-state index in [-0.39, 0.29) is 17.5 Å². The number of aromatic nitrogens is 1. The molecular formula is C19H22Cl2N4O2S. The van der Waals surface area contributed by atoms with Crippen LogP contribution in [0.4, 0.5) is 5.13 Å². The summed E-state index contributed by atoms with van der Waals surface area (Å²) in [5.74, 6) is -0.0145. The minimum absolute atomic E-state index is 0.155. The molecule has 150 valence electrons. The number of thiazole rings is 1. The van der Waals surface area contributed by atoms with E-state index in [1.165, 1.54) is 30.2 Å². The van der Waals surface area contributed by atoms with Gasteiger partial charge in [0, 0.05) is 24.0 Å². The summed E-state index contributed by atoms with van der Waals surface area (Å²) in [5, 5.41) is 8.44. The van der Waals surface area contributed by atoms with Gasteiger partial charge in [-0.15, -0.1) is 11.3 Å². The van der Waals surface area contributed by atoms with Gasteiger partial charge in [0.2, 0.25) is 5.91 Å². The van der Waals surface area contributed by atoms with E-state index in [2.05, 4.69) is 27.4 Å². The molecule has 1 fully saturated rings. The molecule has 1 saturated heterocycles. The summed E-state index contributed by atoms with van der Waals surface area (Å²) in [6, 6.07) is 4.56. The van der Waals surface area contributed by atoms with Crippen LogP contribution >= 0.6 is 34.5 Å². The van der Waals surface area contributed by atoms with E-state index in [9.17, 15) is 9.59 Å². The van der Waals surface area contributed by atoms with Gasteiger partial charge in [-0.3, -0.25) is 14.5 Å². The number of amides is 2. The predicted octanol–water partition coefficient (Wildman–Crippen LogP) is 4.05. The Hall–Kier alpha value is -1.67. The Balaban J connectivity index is 1.46. The number of halogens is 2. The van der Waals surface area contributed by atoms with Gasteiger partial charge in [0.05, 0.1) is 22.3 Å². The first-order chi connectivity index (χ1) is 13.4. The first kappa shape index (κ1) is 21.0. The number of likely N-dealkylation sites (tertiary alicyclic amines) is 1. The van der Waals surface area contributed by atoms with Gasteiger partial charge in [0.15, 0.2) is 5.13 Å². The Morgan fingerprint density at radius 1 is 1.32 bits per heavy atom. The Morgan fingerprint density at radius 3 is 2.89 bits per heavy atom. The van der Waals surface area contributed by atoms with Gasteiger partial charge in [-0.25, -0.2) is 4.98 Å². The highest BCUT2D eigenvalue weighted by Crippen LogP contribution is 2.23. The van der Waals surface area contributed by atoms with E-state index < -0.39 is 5.91 Å². The lowest BCUT2D eigenvalue weighted by atomic mass is 10.0. The van der Waals surface area contributed by atoms with E-state index in [0.29, 0.717) is 21.6 Å². The van der Waals surface area contributed by atoms with E-state index >= 15 is 0 Å². The topological polar surface area (TPSA) is 74.3 Å². The van der Waals surface area contributed by atoms with Gasteiger partial charge in [-0.2, -0.15) is 0 Å². The van der Waals surface area contributed by atoms with Crippen LogP contribution in [0, 0.1) is 5.92 Å². The second-order valence-corrected chi connectivity index (χ2v) is 8.66. The van der Waals surface area contributed by atoms with Crippen molar-refractivity contribution in [1.29, 1.82) is 0 Å². The van der Waals surface area contributed by atoms with Gasteiger partial charge in [0.25, 0.3) is 5.91 Å². The average Bonchev–Trinajstić information content (AvgIpc) is 3.08. The summed E-state index contributed by atoms with van der Waals surface area (Å²) in [7, 11) is 0. The zero-order chi connectivity index (χ0) is 20.1. The fourth-order valence-electron chi connectivity index (χ4n) is 3.16. The Morgan fingerprint density at radius 2 is 2.14 bits per heavy atom. The fourth-order valence-corrected chi connectivity index (χ4v) is 4.18. The molecule has 0 saturated carbocycles. The van der Waals surface area contributed by atoms with E-state index in [0.717, 1.165) is 25.3 Å². The maximum Gasteiger partial charge on any atom is 0.251 e. The fraction of sp³-hybridized carbons (Fsp3) is 0.421. The quantitative estimate of drug-likeness (QED) is 0.710. The second kappa shape index (κ2) is 9.69. The lowest BCUT2D eigenvalue weighted by molar-refractivity contribution is -0.115. The van der Waals surface area contributed by atoms with E-state index in [1.54, 1.807) is 12.1 Å². The summed E-state index contributed by atoms with van der Waals surface area (Å²) in [5.41, 5.74) is 1.30. The molecule has 6 nitrogen and oxygen atoms in total. The third-order valence-electron chi connectivity index (χ3n) is 4.52. The number of carbonyl (C=O) groups is 2. The second-order valence-electron chi connectivity index (χ2n) is 6.99. The van der Waals surface area contributed by atoms with Crippen molar-refractivity contribution >= 4 is 51.5 Å². The van der Waals surface area contributed by atoms with Crippen LogP contribution < -0.4 is 10.6 Å². The van der Waals surface area contributed by atoms with Crippen molar-refractivity contribution in [2.75, 3.05) is 25.0 Å². The van der Waals surface area contributed by atoms with Gasteiger partial charge in [-0.05, 0) is 43.5 Å². The van der Waals surface area contributed by atoms with Gasteiger partial charge in [-0.1, -0.05) is 30.1 Å². The number of anilines is 1. The lowest BCUT2D eigenvalue weighted by Gasteiger charge is -2.30. The van der Waals surface area contributed by atoms with Crippen LogP contribution in [-0.2, 0) is 11.3 Å². The number of hydrogen-bond acceptors (Lipinski definition) is 5. The molecule has 0 radical (unpaired) electrons. The van der Waals surface area contributed by atoms with E-state index in [4.69, 9.17) is 23.2 Å². The minimum Gasteiger partial charge on any atom is -0.343 e. The number of benzene rings is 1. The standard InChI is InChI=1S/C19H22Cl2N4O2S/c1-12-3-2-6-25(9-12)10-14-11-28-19(23-14)24-17(26)8-22-18(27)13-4-5-15(20)16(21)7-13/h4-5,7,11-12H,2-3,6,8-10H2,1H3,(H,22,27)(H,23,24,26)/t12-/m1/s1. The summed E-state index contributed by atoms with van der Waals surface area (Å²) in [4.78, 5) is 31.1. The number of nitrogens with zero attached hydrogens (tertiary/aromatic N) is 2. The normalized spacial score (nSPS) is 17.3. The molecule has 1 aliphatic rings. The summed E-state index contributed by atoms with van der Waals surface area (Å²) in [6.45, 7) is 5.08. The van der Waals surface area contributed by atoms with Gasteiger partial charge >= 0.3 is 0 Å². The molecular weight excluding hydrogens is 419 g/mol. The van der Waals surface area contributed by atoms with Crippen molar-refractivity contribution in [1.82, 2.24) is 15.2 Å². The highest BCUT2D eigenvalue weighted by atomic mass is 35.5. The van der Waals surface area contributed by atoms with Crippen molar-refractivity contribution in [3.8, 4) is 0 Å². The van der Waals surface area contributed by atoms with Crippen molar-refractivity contribution in [2.45, 2.75) is 26.3 Å². The molecule has 1 aliphatic heterocycles. The van der Waals surface area contributed by atoms with Crippen molar-refractivity contribution < 1.29 is 9.59 Å². The predicted molar refractivity (Wildman–Crippen MR) is 113 cm³/mol. The Bertz CT molecular complexity index is 858. The lowest BCUT2D eigenvalue weighted by Crippen LogP contribution is -2.34. The minimum atomic E-state index is -0.396. The van der Waals surface area contributed by atoms with Crippen LogP contribution in [0.3, 0.4) is 0 Å². The van der Waals surface area contributed by atoms with Crippen LogP contribution in [0.25, 0.3) is 0 Å². The molecule has 0 unspecified atom stereocenters. The largest absolute Gasteiger partial charge is 0.343 e. The molecule has 2 heterocycles. The maximum absolute atomic E-state index is 12.1. The van der Waals surface area contributed by atoms with Crippen LogP contribution in [0.1, 0.15) is 35.8 Å². The monoisotopic (exact) mass is 440 g/mol.